The van der Waals surface area contributed by atoms with Gasteiger partial charge in [-0.25, -0.2) is 0 Å². The van der Waals surface area contributed by atoms with Crippen LogP contribution in [0.5, 0.6) is 5.75 Å². The van der Waals surface area contributed by atoms with Crippen LogP contribution < -0.4 is 10.1 Å². The summed E-state index contributed by atoms with van der Waals surface area (Å²) in [6, 6.07) is 13.9. The molecule has 0 saturated carbocycles. The number of aryl methyl sites for hydroxylation is 1. The summed E-state index contributed by atoms with van der Waals surface area (Å²) in [6.45, 7) is 9.26. The highest BCUT2D eigenvalue weighted by Gasteiger charge is 2.17. The van der Waals surface area contributed by atoms with Gasteiger partial charge in [0.25, 0.3) is 0 Å². The lowest BCUT2D eigenvalue weighted by Crippen LogP contribution is -2.17. The second kappa shape index (κ2) is 11.2. The van der Waals surface area contributed by atoms with Crippen molar-refractivity contribution in [2.75, 3.05) is 18.2 Å². The summed E-state index contributed by atoms with van der Waals surface area (Å²) in [6.07, 6.45) is 2.08. The first-order valence-corrected chi connectivity index (χ1v) is 12.0. The van der Waals surface area contributed by atoms with Crippen LogP contribution in [-0.4, -0.2) is 33.5 Å². The van der Waals surface area contributed by atoms with Crippen molar-refractivity contribution in [1.82, 2.24) is 14.8 Å². The minimum Gasteiger partial charge on any atom is -0.497 e. The molecule has 0 bridgehead atoms. The molecule has 0 unspecified atom stereocenters. The number of nitrogens with one attached hydrogen (secondary N) is 1. The molecular weight excluding hydrogens is 420 g/mol. The SMILES string of the molecule is CCCCn1c(SCC(=O)Nc2c(C)cccc2C(C)C)nnc1-c1ccc(OC)cc1. The summed E-state index contributed by atoms with van der Waals surface area (Å²) < 4.78 is 7.37. The number of para-hydroxylation sites is 1. The lowest BCUT2D eigenvalue weighted by molar-refractivity contribution is -0.113. The predicted molar refractivity (Wildman–Crippen MR) is 132 cm³/mol. The second-order valence-electron chi connectivity index (χ2n) is 8.07. The van der Waals surface area contributed by atoms with Gasteiger partial charge in [-0.05, 0) is 54.7 Å². The fraction of sp³-hybridized carbons (Fsp3) is 0.400. The van der Waals surface area contributed by atoms with E-state index in [9.17, 15) is 4.79 Å². The largest absolute Gasteiger partial charge is 0.497 e. The van der Waals surface area contributed by atoms with Crippen LogP contribution in [0, 0.1) is 6.92 Å². The van der Waals surface area contributed by atoms with Crippen molar-refractivity contribution >= 4 is 23.4 Å². The fourth-order valence-electron chi connectivity index (χ4n) is 3.51. The Bertz CT molecular complexity index is 1040. The van der Waals surface area contributed by atoms with Crippen molar-refractivity contribution in [3.63, 3.8) is 0 Å². The molecule has 3 rings (SSSR count). The van der Waals surface area contributed by atoms with Gasteiger partial charge in [0.2, 0.25) is 5.91 Å². The van der Waals surface area contributed by atoms with E-state index in [1.54, 1.807) is 7.11 Å². The Hall–Kier alpha value is -2.80. The monoisotopic (exact) mass is 452 g/mol. The number of aromatic nitrogens is 3. The summed E-state index contributed by atoms with van der Waals surface area (Å²) in [7, 11) is 1.65. The van der Waals surface area contributed by atoms with E-state index in [0.717, 1.165) is 58.5 Å². The van der Waals surface area contributed by atoms with E-state index >= 15 is 0 Å². The molecule has 0 aliphatic heterocycles. The molecule has 7 heteroatoms. The molecule has 1 heterocycles. The Balaban J connectivity index is 1.76. The number of anilines is 1. The van der Waals surface area contributed by atoms with E-state index in [0.29, 0.717) is 5.92 Å². The van der Waals surface area contributed by atoms with E-state index in [1.807, 2.05) is 43.3 Å². The van der Waals surface area contributed by atoms with Crippen molar-refractivity contribution < 1.29 is 9.53 Å². The zero-order valence-electron chi connectivity index (χ0n) is 19.5. The standard InChI is InChI=1S/C25H32N4O2S/c1-6-7-15-29-24(19-11-13-20(31-5)14-12-19)27-28-25(29)32-16-22(30)26-23-18(4)9-8-10-21(23)17(2)3/h8-14,17H,6-7,15-16H2,1-5H3,(H,26,30). The number of amides is 1. The zero-order valence-corrected chi connectivity index (χ0v) is 20.3. The molecule has 32 heavy (non-hydrogen) atoms. The number of methoxy groups -OCH3 is 1. The molecule has 0 spiro atoms. The normalized spacial score (nSPS) is 11.1. The van der Waals surface area contributed by atoms with Crippen LogP contribution in [0.15, 0.2) is 47.6 Å². The number of thioether (sulfide) groups is 1. The zero-order chi connectivity index (χ0) is 23.1. The van der Waals surface area contributed by atoms with Crippen molar-refractivity contribution in [3.05, 3.63) is 53.6 Å². The summed E-state index contributed by atoms with van der Waals surface area (Å²) in [4.78, 5) is 12.8. The van der Waals surface area contributed by atoms with Gasteiger partial charge in [-0.2, -0.15) is 0 Å². The van der Waals surface area contributed by atoms with Crippen molar-refractivity contribution in [2.24, 2.45) is 0 Å². The number of hydrogen-bond acceptors (Lipinski definition) is 5. The number of ether oxygens (including phenoxy) is 1. The third-order valence-corrected chi connectivity index (χ3v) is 6.29. The van der Waals surface area contributed by atoms with Crippen molar-refractivity contribution in [1.29, 1.82) is 0 Å². The lowest BCUT2D eigenvalue weighted by Gasteiger charge is -2.16. The first kappa shape index (κ1) is 23.9. The number of carbonyl (C=O) groups is 1. The molecule has 0 saturated heterocycles. The lowest BCUT2D eigenvalue weighted by atomic mass is 9.98. The molecule has 3 aromatic rings. The molecule has 0 aliphatic carbocycles. The predicted octanol–water partition coefficient (Wildman–Crippen LogP) is 5.92. The average Bonchev–Trinajstić information content (AvgIpc) is 3.20. The number of carbonyl (C=O) groups excluding carboxylic acids is 1. The maximum Gasteiger partial charge on any atom is 0.234 e. The molecule has 2 aromatic carbocycles. The quantitative estimate of drug-likeness (QED) is 0.387. The molecule has 0 fully saturated rings. The van der Waals surface area contributed by atoms with Crippen LogP contribution in [0.4, 0.5) is 5.69 Å². The Kier molecular flexibility index (Phi) is 8.33. The first-order chi connectivity index (χ1) is 15.4. The van der Waals surface area contributed by atoms with E-state index in [1.165, 1.54) is 11.8 Å². The minimum absolute atomic E-state index is 0.0396. The van der Waals surface area contributed by atoms with Gasteiger partial charge in [0.05, 0.1) is 12.9 Å². The molecule has 1 amide bonds. The van der Waals surface area contributed by atoms with Gasteiger partial charge in [0.15, 0.2) is 11.0 Å². The Morgan fingerprint density at radius 1 is 1.16 bits per heavy atom. The highest BCUT2D eigenvalue weighted by Crippen LogP contribution is 2.29. The van der Waals surface area contributed by atoms with Crippen molar-refractivity contribution in [3.8, 4) is 17.1 Å². The topological polar surface area (TPSA) is 69.0 Å². The third kappa shape index (κ3) is 5.71. The van der Waals surface area contributed by atoms with Gasteiger partial charge in [-0.15, -0.1) is 10.2 Å². The van der Waals surface area contributed by atoms with Gasteiger partial charge in [-0.3, -0.25) is 4.79 Å². The molecule has 1 aromatic heterocycles. The van der Waals surface area contributed by atoms with E-state index < -0.39 is 0 Å². The molecule has 0 radical (unpaired) electrons. The highest BCUT2D eigenvalue weighted by atomic mass is 32.2. The molecule has 6 nitrogen and oxygen atoms in total. The summed E-state index contributed by atoms with van der Waals surface area (Å²) in [5, 5.41) is 12.7. The maximum atomic E-state index is 12.8. The molecule has 0 atom stereocenters. The first-order valence-electron chi connectivity index (χ1n) is 11.0. The van der Waals surface area contributed by atoms with Crippen LogP contribution in [0.1, 0.15) is 50.7 Å². The minimum atomic E-state index is -0.0396. The fourth-order valence-corrected chi connectivity index (χ4v) is 4.28. The highest BCUT2D eigenvalue weighted by molar-refractivity contribution is 7.99. The van der Waals surface area contributed by atoms with Crippen molar-refractivity contribution in [2.45, 2.75) is 58.2 Å². The summed E-state index contributed by atoms with van der Waals surface area (Å²) in [5.41, 5.74) is 4.12. The molecule has 0 aliphatic rings. The number of benzene rings is 2. The molecular formula is C25H32N4O2S. The number of nitrogens with zero attached hydrogens (tertiary/aromatic N) is 3. The maximum absolute atomic E-state index is 12.8. The van der Waals surface area contributed by atoms with Crippen LogP contribution in [0.2, 0.25) is 0 Å². The van der Waals surface area contributed by atoms with Crippen LogP contribution in [0.25, 0.3) is 11.4 Å². The second-order valence-corrected chi connectivity index (χ2v) is 9.01. The van der Waals surface area contributed by atoms with E-state index in [2.05, 4.69) is 46.9 Å². The summed E-state index contributed by atoms with van der Waals surface area (Å²) in [5.74, 6) is 2.18. The molecule has 170 valence electrons. The van der Waals surface area contributed by atoms with Crippen LogP contribution in [0.3, 0.4) is 0 Å². The van der Waals surface area contributed by atoms with Crippen LogP contribution >= 0.6 is 11.8 Å². The third-order valence-electron chi connectivity index (χ3n) is 5.32. The number of hydrogen-bond donors (Lipinski definition) is 1. The summed E-state index contributed by atoms with van der Waals surface area (Å²) >= 11 is 1.42. The van der Waals surface area contributed by atoms with E-state index in [4.69, 9.17) is 4.74 Å². The van der Waals surface area contributed by atoms with Gasteiger partial charge in [-0.1, -0.05) is 57.2 Å². The Morgan fingerprint density at radius 3 is 2.56 bits per heavy atom. The van der Waals surface area contributed by atoms with Gasteiger partial charge in [0.1, 0.15) is 5.75 Å². The number of unbranched alkanes of at least 4 members (excludes halogenated alkanes) is 1. The van der Waals surface area contributed by atoms with Gasteiger partial charge < -0.3 is 14.6 Å². The average molecular weight is 453 g/mol. The van der Waals surface area contributed by atoms with Crippen LogP contribution in [-0.2, 0) is 11.3 Å². The molecule has 1 N–H and O–H groups in total. The smallest absolute Gasteiger partial charge is 0.234 e. The Labute approximate surface area is 194 Å². The van der Waals surface area contributed by atoms with E-state index in [-0.39, 0.29) is 11.7 Å². The van der Waals surface area contributed by atoms with Gasteiger partial charge >= 0.3 is 0 Å². The Morgan fingerprint density at radius 2 is 1.91 bits per heavy atom. The van der Waals surface area contributed by atoms with Gasteiger partial charge in [0, 0.05) is 17.8 Å². The number of rotatable bonds is 10.